The molecule has 0 aromatic carbocycles. The molecule has 0 radical (unpaired) electrons. The Morgan fingerprint density at radius 2 is 1.71 bits per heavy atom. The molecule has 0 bridgehead atoms. The zero-order valence-electron chi connectivity index (χ0n) is 10.2. The minimum atomic E-state index is -0.0448. The van der Waals surface area contributed by atoms with Crippen molar-refractivity contribution in [1.29, 1.82) is 0 Å². The van der Waals surface area contributed by atoms with Crippen LogP contribution in [0.3, 0.4) is 0 Å². The fourth-order valence-electron chi connectivity index (χ4n) is 1.10. The smallest absolute Gasteiger partial charge is 0.0746 e. The topological polar surface area (TPSA) is 33.3 Å². The summed E-state index contributed by atoms with van der Waals surface area (Å²) < 4.78 is 5.30. The lowest BCUT2D eigenvalue weighted by Crippen LogP contribution is -2.37. The van der Waals surface area contributed by atoms with E-state index in [0.29, 0.717) is 0 Å². The van der Waals surface area contributed by atoms with E-state index in [1.54, 1.807) is 7.11 Å². The third kappa shape index (κ3) is 8.48. The molecular formula is C11H26N2O. The third-order valence-corrected chi connectivity index (χ3v) is 2.24. The van der Waals surface area contributed by atoms with E-state index < -0.39 is 0 Å². The molecule has 0 rings (SSSR count). The highest BCUT2D eigenvalue weighted by Gasteiger charge is 2.14. The summed E-state index contributed by atoms with van der Waals surface area (Å²) in [4.78, 5) is 0. The highest BCUT2D eigenvalue weighted by atomic mass is 16.5. The van der Waals surface area contributed by atoms with Crippen LogP contribution in [0.5, 0.6) is 0 Å². The lowest BCUT2D eigenvalue weighted by molar-refractivity contribution is 0.0234. The third-order valence-electron chi connectivity index (χ3n) is 2.24. The van der Waals surface area contributed by atoms with Gasteiger partial charge in [0.1, 0.15) is 0 Å². The Balaban J connectivity index is 3.13. The van der Waals surface area contributed by atoms with Crippen molar-refractivity contribution in [3.63, 3.8) is 0 Å². The first-order valence-corrected chi connectivity index (χ1v) is 5.59. The standard InChI is InChI=1S/C11H26N2O/c1-5-7-12-8-6-9-13-10-11(2,3)14-4/h12-13H,5-10H2,1-4H3. The summed E-state index contributed by atoms with van der Waals surface area (Å²) in [5.41, 5.74) is -0.0448. The summed E-state index contributed by atoms with van der Waals surface area (Å²) in [6.07, 6.45) is 2.39. The van der Waals surface area contributed by atoms with E-state index in [4.69, 9.17) is 4.74 Å². The fraction of sp³-hybridized carbons (Fsp3) is 1.00. The Kier molecular flexibility index (Phi) is 8.14. The molecule has 0 aromatic heterocycles. The van der Waals surface area contributed by atoms with Crippen molar-refractivity contribution >= 4 is 0 Å². The first-order valence-electron chi connectivity index (χ1n) is 5.59. The van der Waals surface area contributed by atoms with Crippen molar-refractivity contribution in [2.75, 3.05) is 33.3 Å². The van der Waals surface area contributed by atoms with Crippen LogP contribution >= 0.6 is 0 Å². The van der Waals surface area contributed by atoms with Crippen molar-refractivity contribution in [2.45, 2.75) is 39.2 Å². The van der Waals surface area contributed by atoms with E-state index in [1.165, 1.54) is 12.8 Å². The molecule has 0 aliphatic carbocycles. The zero-order valence-corrected chi connectivity index (χ0v) is 10.2. The molecular weight excluding hydrogens is 176 g/mol. The first kappa shape index (κ1) is 13.9. The molecule has 0 unspecified atom stereocenters. The van der Waals surface area contributed by atoms with Crippen LogP contribution in [-0.4, -0.2) is 38.9 Å². The number of hydrogen-bond donors (Lipinski definition) is 2. The molecule has 0 saturated heterocycles. The monoisotopic (exact) mass is 202 g/mol. The van der Waals surface area contributed by atoms with E-state index in [-0.39, 0.29) is 5.60 Å². The van der Waals surface area contributed by atoms with E-state index in [1.807, 2.05) is 0 Å². The van der Waals surface area contributed by atoms with Gasteiger partial charge >= 0.3 is 0 Å². The molecule has 14 heavy (non-hydrogen) atoms. The molecule has 0 aliphatic rings. The largest absolute Gasteiger partial charge is 0.377 e. The van der Waals surface area contributed by atoms with Gasteiger partial charge in [-0.15, -0.1) is 0 Å². The molecule has 3 heteroatoms. The van der Waals surface area contributed by atoms with Gasteiger partial charge in [-0.2, -0.15) is 0 Å². The van der Waals surface area contributed by atoms with Gasteiger partial charge in [0.15, 0.2) is 0 Å². The van der Waals surface area contributed by atoms with E-state index in [2.05, 4.69) is 31.4 Å². The second-order valence-corrected chi connectivity index (χ2v) is 4.24. The average molecular weight is 202 g/mol. The Labute approximate surface area is 88.6 Å². The molecule has 0 aliphatic heterocycles. The maximum Gasteiger partial charge on any atom is 0.0746 e. The van der Waals surface area contributed by atoms with Crippen LogP contribution in [0.4, 0.5) is 0 Å². The van der Waals surface area contributed by atoms with Crippen molar-refractivity contribution < 1.29 is 4.74 Å². The minimum Gasteiger partial charge on any atom is -0.377 e. The Morgan fingerprint density at radius 3 is 2.29 bits per heavy atom. The molecule has 86 valence electrons. The molecule has 0 saturated carbocycles. The predicted octanol–water partition coefficient (Wildman–Crippen LogP) is 1.39. The number of nitrogens with one attached hydrogen (secondary N) is 2. The SMILES string of the molecule is CCCNCCCNCC(C)(C)OC. The van der Waals surface area contributed by atoms with Gasteiger partial charge in [-0.1, -0.05) is 6.92 Å². The highest BCUT2D eigenvalue weighted by Crippen LogP contribution is 2.04. The molecule has 0 aromatic rings. The van der Waals surface area contributed by atoms with Crippen LogP contribution in [0.25, 0.3) is 0 Å². The number of ether oxygens (including phenoxy) is 1. The van der Waals surface area contributed by atoms with Crippen molar-refractivity contribution in [1.82, 2.24) is 10.6 Å². The van der Waals surface area contributed by atoms with Gasteiger partial charge in [0.05, 0.1) is 5.60 Å². The lowest BCUT2D eigenvalue weighted by Gasteiger charge is -2.23. The van der Waals surface area contributed by atoms with Crippen molar-refractivity contribution in [3.8, 4) is 0 Å². The predicted molar refractivity (Wildman–Crippen MR) is 61.7 cm³/mol. The molecule has 2 N–H and O–H groups in total. The quantitative estimate of drug-likeness (QED) is 0.554. The van der Waals surface area contributed by atoms with Crippen LogP contribution < -0.4 is 10.6 Å². The summed E-state index contributed by atoms with van der Waals surface area (Å²) in [5, 5.41) is 6.76. The van der Waals surface area contributed by atoms with Crippen molar-refractivity contribution in [3.05, 3.63) is 0 Å². The van der Waals surface area contributed by atoms with Gasteiger partial charge in [-0.3, -0.25) is 0 Å². The second kappa shape index (κ2) is 8.21. The Morgan fingerprint density at radius 1 is 1.07 bits per heavy atom. The minimum absolute atomic E-state index is 0.0448. The fourth-order valence-corrected chi connectivity index (χ4v) is 1.10. The summed E-state index contributed by atoms with van der Waals surface area (Å²) in [6.45, 7) is 10.6. The van der Waals surface area contributed by atoms with E-state index >= 15 is 0 Å². The zero-order chi connectivity index (χ0) is 10.9. The molecule has 0 spiro atoms. The summed E-state index contributed by atoms with van der Waals surface area (Å²) in [7, 11) is 1.75. The molecule has 3 nitrogen and oxygen atoms in total. The van der Waals surface area contributed by atoms with E-state index in [9.17, 15) is 0 Å². The molecule has 0 fully saturated rings. The van der Waals surface area contributed by atoms with Crippen LogP contribution in [0.2, 0.25) is 0 Å². The van der Waals surface area contributed by atoms with Crippen LogP contribution in [0.1, 0.15) is 33.6 Å². The number of methoxy groups -OCH3 is 1. The number of rotatable bonds is 9. The molecule has 0 atom stereocenters. The molecule has 0 heterocycles. The van der Waals surface area contributed by atoms with Crippen LogP contribution in [0, 0.1) is 0 Å². The number of hydrogen-bond acceptors (Lipinski definition) is 3. The first-order chi connectivity index (χ1) is 6.62. The summed E-state index contributed by atoms with van der Waals surface area (Å²) in [6, 6.07) is 0. The highest BCUT2D eigenvalue weighted by molar-refractivity contribution is 4.70. The van der Waals surface area contributed by atoms with Crippen LogP contribution in [-0.2, 0) is 4.74 Å². The maximum absolute atomic E-state index is 5.30. The van der Waals surface area contributed by atoms with Gasteiger partial charge in [0, 0.05) is 13.7 Å². The molecule has 0 amide bonds. The Bertz CT molecular complexity index is 126. The van der Waals surface area contributed by atoms with Crippen LogP contribution in [0.15, 0.2) is 0 Å². The average Bonchev–Trinajstić information content (AvgIpc) is 2.16. The van der Waals surface area contributed by atoms with Gasteiger partial charge in [0.2, 0.25) is 0 Å². The summed E-state index contributed by atoms with van der Waals surface area (Å²) >= 11 is 0. The van der Waals surface area contributed by atoms with Crippen molar-refractivity contribution in [2.24, 2.45) is 0 Å². The van der Waals surface area contributed by atoms with Gasteiger partial charge in [-0.25, -0.2) is 0 Å². The lowest BCUT2D eigenvalue weighted by atomic mass is 10.1. The second-order valence-electron chi connectivity index (χ2n) is 4.24. The van der Waals surface area contributed by atoms with Gasteiger partial charge in [0.25, 0.3) is 0 Å². The maximum atomic E-state index is 5.30. The summed E-state index contributed by atoms with van der Waals surface area (Å²) in [5.74, 6) is 0. The van der Waals surface area contributed by atoms with Gasteiger partial charge in [-0.05, 0) is 46.3 Å². The Hall–Kier alpha value is -0.120. The normalized spacial score (nSPS) is 12.0. The van der Waals surface area contributed by atoms with Gasteiger partial charge < -0.3 is 15.4 Å². The van der Waals surface area contributed by atoms with E-state index in [0.717, 1.165) is 26.2 Å².